The molecule has 0 N–H and O–H groups in total. The molecular weight excluding hydrogens is 531 g/mol. The van der Waals surface area contributed by atoms with Gasteiger partial charge in [-0.25, -0.2) is 0 Å². The molecule has 0 aliphatic heterocycles. The van der Waals surface area contributed by atoms with E-state index in [1.165, 1.54) is 38.8 Å². The van der Waals surface area contributed by atoms with Gasteiger partial charge in [0.2, 0.25) is 0 Å². The van der Waals surface area contributed by atoms with Crippen molar-refractivity contribution in [3.05, 3.63) is 95.1 Å². The molecule has 0 amide bonds. The van der Waals surface area contributed by atoms with Crippen molar-refractivity contribution in [2.45, 2.75) is 13.8 Å². The summed E-state index contributed by atoms with van der Waals surface area (Å²) < 4.78 is 0. The van der Waals surface area contributed by atoms with Crippen LogP contribution in [-0.2, 0) is 20.1 Å². The molecule has 1 nitrogen and oxygen atoms in total. The number of aromatic nitrogens is 1. The molecule has 1 aliphatic rings. The van der Waals surface area contributed by atoms with E-state index < -0.39 is 0 Å². The smallest absolute Gasteiger partial charge is 0.0607 e. The van der Waals surface area contributed by atoms with Crippen LogP contribution in [0.2, 0.25) is 0 Å². The number of pyridine rings is 1. The van der Waals surface area contributed by atoms with E-state index in [9.17, 15) is 0 Å². The summed E-state index contributed by atoms with van der Waals surface area (Å²) in [5.74, 6) is 0. The largest absolute Gasteiger partial charge is 0.296 e. The molecule has 1 radical (unpaired) electrons. The molecule has 0 atom stereocenters. The van der Waals surface area contributed by atoms with Crippen LogP contribution in [0.5, 0.6) is 0 Å². The topological polar surface area (TPSA) is 12.9 Å². The summed E-state index contributed by atoms with van der Waals surface area (Å²) in [5.41, 5.74) is 11.6. The third kappa shape index (κ3) is 3.29. The zero-order chi connectivity index (χ0) is 19.3. The van der Waals surface area contributed by atoms with E-state index in [1.807, 2.05) is 12.1 Å². The number of aryl methyl sites for hydroxylation is 2. The Labute approximate surface area is 185 Å². The SMILES string of the molecule is C=Cc1cc(C)c(-c2cc[c-]c(-c3cc4c5c(cccc5n3)C=C4)c2)c(C)c1.[Ir]. The van der Waals surface area contributed by atoms with E-state index in [0.717, 1.165) is 22.3 Å². The van der Waals surface area contributed by atoms with Gasteiger partial charge in [0.1, 0.15) is 0 Å². The summed E-state index contributed by atoms with van der Waals surface area (Å²) in [6.45, 7) is 8.22. The Hall–Kier alpha value is -2.80. The van der Waals surface area contributed by atoms with Gasteiger partial charge in [0.25, 0.3) is 0 Å². The predicted octanol–water partition coefficient (Wildman–Crippen LogP) is 7.11. The quantitative estimate of drug-likeness (QED) is 0.218. The molecular formula is C27H20IrN-. The van der Waals surface area contributed by atoms with Crippen LogP contribution in [0.3, 0.4) is 0 Å². The predicted molar refractivity (Wildman–Crippen MR) is 120 cm³/mol. The van der Waals surface area contributed by atoms with E-state index >= 15 is 0 Å². The maximum atomic E-state index is 4.93. The van der Waals surface area contributed by atoms with Crippen LogP contribution < -0.4 is 0 Å². The average Bonchev–Trinajstić information content (AvgIpc) is 3.12. The Morgan fingerprint density at radius 3 is 2.45 bits per heavy atom. The average molecular weight is 551 g/mol. The molecule has 0 unspecified atom stereocenters. The van der Waals surface area contributed by atoms with E-state index in [1.54, 1.807) is 0 Å². The number of benzene rings is 3. The van der Waals surface area contributed by atoms with Gasteiger partial charge >= 0.3 is 0 Å². The van der Waals surface area contributed by atoms with Crippen LogP contribution in [0.4, 0.5) is 0 Å². The fourth-order valence-electron chi connectivity index (χ4n) is 4.27. The van der Waals surface area contributed by atoms with Gasteiger partial charge < -0.3 is 0 Å². The summed E-state index contributed by atoms with van der Waals surface area (Å²) >= 11 is 0. The van der Waals surface area contributed by atoms with Crippen molar-refractivity contribution in [3.8, 4) is 22.4 Å². The van der Waals surface area contributed by atoms with E-state index in [4.69, 9.17) is 4.98 Å². The van der Waals surface area contributed by atoms with Gasteiger partial charge in [-0.05, 0) is 59.0 Å². The van der Waals surface area contributed by atoms with Crippen LogP contribution >= 0.6 is 0 Å². The van der Waals surface area contributed by atoms with Gasteiger partial charge in [0, 0.05) is 25.5 Å². The number of hydrogen-bond acceptors (Lipinski definition) is 1. The fourth-order valence-corrected chi connectivity index (χ4v) is 4.27. The van der Waals surface area contributed by atoms with E-state index in [0.29, 0.717) is 0 Å². The van der Waals surface area contributed by atoms with Gasteiger partial charge in [0.05, 0.1) is 5.52 Å². The van der Waals surface area contributed by atoms with Gasteiger partial charge in [-0.2, -0.15) is 0 Å². The Morgan fingerprint density at radius 2 is 1.69 bits per heavy atom. The summed E-state index contributed by atoms with van der Waals surface area (Å²) in [7, 11) is 0. The number of hydrogen-bond donors (Lipinski definition) is 0. The second kappa shape index (κ2) is 7.55. The van der Waals surface area contributed by atoms with Crippen molar-refractivity contribution in [1.82, 2.24) is 4.98 Å². The summed E-state index contributed by atoms with van der Waals surface area (Å²) in [6, 6.07) is 22.6. The molecule has 29 heavy (non-hydrogen) atoms. The molecule has 5 rings (SSSR count). The molecule has 2 heteroatoms. The van der Waals surface area contributed by atoms with Crippen LogP contribution in [0.15, 0.2) is 61.2 Å². The molecule has 1 heterocycles. The minimum Gasteiger partial charge on any atom is -0.296 e. The molecule has 3 aromatic carbocycles. The van der Waals surface area contributed by atoms with Crippen molar-refractivity contribution in [1.29, 1.82) is 0 Å². The van der Waals surface area contributed by atoms with Crippen LogP contribution in [0, 0.1) is 19.9 Å². The summed E-state index contributed by atoms with van der Waals surface area (Å²) in [5, 5.41) is 1.24. The third-order valence-corrected chi connectivity index (χ3v) is 5.50. The van der Waals surface area contributed by atoms with Crippen molar-refractivity contribution in [2.75, 3.05) is 0 Å². The van der Waals surface area contributed by atoms with Gasteiger partial charge in [0.15, 0.2) is 0 Å². The normalized spacial score (nSPS) is 11.5. The molecule has 0 spiro atoms. The first-order valence-corrected chi connectivity index (χ1v) is 9.52. The second-order valence-corrected chi connectivity index (χ2v) is 7.40. The van der Waals surface area contributed by atoms with Crippen LogP contribution in [0.1, 0.15) is 27.8 Å². The maximum Gasteiger partial charge on any atom is 0.0607 e. The van der Waals surface area contributed by atoms with Crippen LogP contribution in [-0.4, -0.2) is 4.98 Å². The van der Waals surface area contributed by atoms with Crippen LogP contribution in [0.25, 0.3) is 51.5 Å². The third-order valence-electron chi connectivity index (χ3n) is 5.50. The molecule has 0 bridgehead atoms. The molecule has 1 aliphatic carbocycles. The Morgan fingerprint density at radius 1 is 0.931 bits per heavy atom. The Balaban J connectivity index is 0.00000205. The zero-order valence-electron chi connectivity index (χ0n) is 16.4. The van der Waals surface area contributed by atoms with Crippen molar-refractivity contribution in [3.63, 3.8) is 0 Å². The van der Waals surface area contributed by atoms with Gasteiger partial charge in [-0.1, -0.05) is 55.1 Å². The first-order chi connectivity index (χ1) is 13.6. The van der Waals surface area contributed by atoms with E-state index in [2.05, 4.69) is 87.2 Å². The molecule has 0 saturated heterocycles. The standard InChI is InChI=1S/C27H20N.Ir/c1-4-19-13-17(2)26(18(3)14-19)22-9-5-8-21(15-22)25-16-23-12-11-20-7-6-10-24(28-25)27(20)23;/h4-7,9-16H,1H2,2-3H3;/q-1;. The molecule has 0 saturated carbocycles. The summed E-state index contributed by atoms with van der Waals surface area (Å²) in [4.78, 5) is 4.93. The zero-order valence-corrected chi connectivity index (χ0v) is 18.8. The van der Waals surface area contributed by atoms with Crippen molar-refractivity contribution in [2.24, 2.45) is 0 Å². The summed E-state index contributed by atoms with van der Waals surface area (Å²) in [6.07, 6.45) is 6.24. The minimum absolute atomic E-state index is 0. The fraction of sp³-hybridized carbons (Fsp3) is 0.0741. The Bertz CT molecular complexity index is 1270. The first kappa shape index (κ1) is 19.5. The van der Waals surface area contributed by atoms with Gasteiger partial charge in [-0.15, -0.1) is 35.4 Å². The van der Waals surface area contributed by atoms with E-state index in [-0.39, 0.29) is 20.1 Å². The molecule has 0 fully saturated rings. The number of rotatable bonds is 3. The molecule has 1 aromatic heterocycles. The van der Waals surface area contributed by atoms with Gasteiger partial charge in [-0.3, -0.25) is 4.98 Å². The Kier molecular flexibility index (Phi) is 5.08. The number of nitrogens with zero attached hydrogens (tertiary/aromatic N) is 1. The molecule has 143 valence electrons. The maximum absolute atomic E-state index is 4.93. The molecule has 4 aromatic rings. The second-order valence-electron chi connectivity index (χ2n) is 7.40. The first-order valence-electron chi connectivity index (χ1n) is 9.52. The minimum atomic E-state index is 0. The van der Waals surface area contributed by atoms with Crippen molar-refractivity contribution < 1.29 is 20.1 Å². The van der Waals surface area contributed by atoms with Crippen molar-refractivity contribution >= 4 is 29.1 Å². The monoisotopic (exact) mass is 551 g/mol.